The number of ether oxygens (including phenoxy) is 1. The van der Waals surface area contributed by atoms with Gasteiger partial charge in [0, 0.05) is 25.1 Å². The molecule has 2 unspecified atom stereocenters. The number of rotatable bonds is 3. The largest absolute Gasteiger partial charge is 0.386 e. The fraction of sp³-hybridized carbons (Fsp3) is 0.583. The lowest BCUT2D eigenvalue weighted by molar-refractivity contribution is -0.0725. The van der Waals surface area contributed by atoms with Gasteiger partial charge in [-0.1, -0.05) is 26.8 Å². The first-order chi connectivity index (χ1) is 6.96. The monoisotopic (exact) mass is 209 g/mol. The molecule has 1 aromatic heterocycles. The Morgan fingerprint density at radius 1 is 1.40 bits per heavy atom. The van der Waals surface area contributed by atoms with Crippen LogP contribution in [0.15, 0.2) is 24.5 Å². The fourth-order valence-corrected chi connectivity index (χ4v) is 1.68. The van der Waals surface area contributed by atoms with Gasteiger partial charge in [0.15, 0.2) is 0 Å². The molecule has 0 saturated heterocycles. The van der Waals surface area contributed by atoms with Crippen LogP contribution in [0.3, 0.4) is 0 Å². The Labute approximate surface area is 91.1 Å². The summed E-state index contributed by atoms with van der Waals surface area (Å²) in [6, 6.07) is 3.67. The second-order valence-corrected chi connectivity index (χ2v) is 4.75. The number of aliphatic hydroxyl groups excluding tert-OH is 1. The highest BCUT2D eigenvalue weighted by Gasteiger charge is 2.32. The normalized spacial score (nSPS) is 16.1. The Kier molecular flexibility index (Phi) is 3.83. The highest BCUT2D eigenvalue weighted by molar-refractivity contribution is 5.14. The molecular weight excluding hydrogens is 190 g/mol. The average Bonchev–Trinajstić information content (AvgIpc) is 2.18. The average molecular weight is 209 g/mol. The highest BCUT2D eigenvalue weighted by atomic mass is 16.5. The predicted octanol–water partition coefficient (Wildman–Crippen LogP) is 2.18. The van der Waals surface area contributed by atoms with Crippen molar-refractivity contribution in [1.82, 2.24) is 4.98 Å². The number of aromatic nitrogens is 1. The van der Waals surface area contributed by atoms with Crippen LogP contribution in [0.1, 0.15) is 32.4 Å². The number of aliphatic hydroxyl groups is 1. The Morgan fingerprint density at radius 2 is 2.07 bits per heavy atom. The van der Waals surface area contributed by atoms with Gasteiger partial charge in [0.1, 0.15) is 6.10 Å². The van der Waals surface area contributed by atoms with Gasteiger partial charge in [-0.2, -0.15) is 0 Å². The minimum atomic E-state index is -0.635. The zero-order valence-electron chi connectivity index (χ0n) is 9.77. The first-order valence-corrected chi connectivity index (χ1v) is 5.07. The topological polar surface area (TPSA) is 42.4 Å². The molecule has 0 aliphatic rings. The van der Waals surface area contributed by atoms with Gasteiger partial charge in [-0.15, -0.1) is 0 Å². The number of methoxy groups -OCH3 is 1. The maximum absolute atomic E-state index is 10.2. The molecular formula is C12H19NO2. The summed E-state index contributed by atoms with van der Waals surface area (Å²) < 4.78 is 5.35. The van der Waals surface area contributed by atoms with Gasteiger partial charge >= 0.3 is 0 Å². The first kappa shape index (κ1) is 12.1. The molecule has 0 bridgehead atoms. The van der Waals surface area contributed by atoms with Gasteiger partial charge in [-0.25, -0.2) is 0 Å². The Hall–Kier alpha value is -0.930. The van der Waals surface area contributed by atoms with E-state index < -0.39 is 6.10 Å². The smallest absolute Gasteiger partial charge is 0.107 e. The number of nitrogens with zero attached hydrogens (tertiary/aromatic N) is 1. The summed E-state index contributed by atoms with van der Waals surface area (Å²) in [5.74, 6) is 0. The van der Waals surface area contributed by atoms with Crippen molar-refractivity contribution in [3.05, 3.63) is 30.1 Å². The van der Waals surface area contributed by atoms with Crippen molar-refractivity contribution in [2.45, 2.75) is 33.0 Å². The summed E-state index contributed by atoms with van der Waals surface area (Å²) in [6.07, 6.45) is 2.49. The van der Waals surface area contributed by atoms with E-state index in [1.807, 2.05) is 32.9 Å². The van der Waals surface area contributed by atoms with Crippen molar-refractivity contribution in [2.24, 2.45) is 5.41 Å². The van der Waals surface area contributed by atoms with Crippen LogP contribution in [0.25, 0.3) is 0 Å². The molecule has 0 saturated carbocycles. The van der Waals surface area contributed by atoms with Crippen LogP contribution in [0.2, 0.25) is 0 Å². The van der Waals surface area contributed by atoms with Gasteiger partial charge in [0.2, 0.25) is 0 Å². The summed E-state index contributed by atoms with van der Waals surface area (Å²) in [6.45, 7) is 6.13. The molecule has 0 aliphatic carbocycles. The molecule has 3 heteroatoms. The SMILES string of the molecule is COC(C(O)c1cccnc1)C(C)(C)C. The first-order valence-electron chi connectivity index (χ1n) is 5.07. The Bertz CT molecular complexity index is 292. The number of hydrogen-bond acceptors (Lipinski definition) is 3. The third-order valence-corrected chi connectivity index (χ3v) is 2.42. The number of hydrogen-bond donors (Lipinski definition) is 1. The molecule has 3 nitrogen and oxygen atoms in total. The lowest BCUT2D eigenvalue weighted by Gasteiger charge is -2.33. The van der Waals surface area contributed by atoms with Gasteiger partial charge in [0.05, 0.1) is 6.10 Å². The molecule has 1 aromatic rings. The quantitative estimate of drug-likeness (QED) is 0.829. The van der Waals surface area contributed by atoms with Crippen molar-refractivity contribution in [2.75, 3.05) is 7.11 Å². The van der Waals surface area contributed by atoms with E-state index in [0.29, 0.717) is 0 Å². The molecule has 1 heterocycles. The van der Waals surface area contributed by atoms with Crippen molar-refractivity contribution in [3.8, 4) is 0 Å². The summed E-state index contributed by atoms with van der Waals surface area (Å²) in [7, 11) is 1.62. The second-order valence-electron chi connectivity index (χ2n) is 4.75. The molecule has 84 valence electrons. The Balaban J connectivity index is 2.88. The molecule has 0 radical (unpaired) electrons. The van der Waals surface area contributed by atoms with Gasteiger partial charge in [0.25, 0.3) is 0 Å². The molecule has 0 spiro atoms. The number of pyridine rings is 1. The summed E-state index contributed by atoms with van der Waals surface area (Å²) >= 11 is 0. The van der Waals surface area contributed by atoms with E-state index >= 15 is 0 Å². The van der Waals surface area contributed by atoms with Crippen LogP contribution in [-0.4, -0.2) is 23.3 Å². The van der Waals surface area contributed by atoms with Gasteiger partial charge < -0.3 is 9.84 Å². The second kappa shape index (κ2) is 4.73. The Morgan fingerprint density at radius 3 is 2.47 bits per heavy atom. The van der Waals surface area contributed by atoms with Crippen LogP contribution < -0.4 is 0 Å². The third kappa shape index (κ3) is 3.01. The maximum atomic E-state index is 10.2. The lowest BCUT2D eigenvalue weighted by Crippen LogP contribution is -2.34. The molecule has 15 heavy (non-hydrogen) atoms. The zero-order chi connectivity index (χ0) is 11.5. The molecule has 0 amide bonds. The van der Waals surface area contributed by atoms with Crippen molar-refractivity contribution in [3.63, 3.8) is 0 Å². The molecule has 1 N–H and O–H groups in total. The van der Waals surface area contributed by atoms with Crippen LogP contribution in [0, 0.1) is 5.41 Å². The van der Waals surface area contributed by atoms with E-state index in [9.17, 15) is 5.11 Å². The van der Waals surface area contributed by atoms with E-state index in [-0.39, 0.29) is 11.5 Å². The third-order valence-electron chi connectivity index (χ3n) is 2.42. The summed E-state index contributed by atoms with van der Waals surface area (Å²) in [4.78, 5) is 3.99. The van der Waals surface area contributed by atoms with Crippen LogP contribution in [-0.2, 0) is 4.74 Å². The lowest BCUT2D eigenvalue weighted by atomic mass is 9.84. The van der Waals surface area contributed by atoms with Crippen LogP contribution in [0.4, 0.5) is 0 Å². The van der Waals surface area contributed by atoms with Gasteiger partial charge in [-0.05, 0) is 11.5 Å². The predicted molar refractivity (Wildman–Crippen MR) is 59.4 cm³/mol. The van der Waals surface area contributed by atoms with Crippen LogP contribution in [0.5, 0.6) is 0 Å². The van der Waals surface area contributed by atoms with Crippen molar-refractivity contribution < 1.29 is 9.84 Å². The van der Waals surface area contributed by atoms with Crippen molar-refractivity contribution in [1.29, 1.82) is 0 Å². The molecule has 2 atom stereocenters. The molecule has 1 rings (SSSR count). The summed E-state index contributed by atoms with van der Waals surface area (Å²) in [5, 5.41) is 10.2. The van der Waals surface area contributed by atoms with E-state index in [1.165, 1.54) is 0 Å². The molecule has 0 fully saturated rings. The van der Waals surface area contributed by atoms with Crippen molar-refractivity contribution >= 4 is 0 Å². The van der Waals surface area contributed by atoms with E-state index in [4.69, 9.17) is 4.74 Å². The maximum Gasteiger partial charge on any atom is 0.107 e. The van der Waals surface area contributed by atoms with Crippen LogP contribution >= 0.6 is 0 Å². The van der Waals surface area contributed by atoms with E-state index in [1.54, 1.807) is 19.5 Å². The zero-order valence-corrected chi connectivity index (χ0v) is 9.77. The standard InChI is InChI=1S/C12H19NO2/c1-12(2,3)11(15-4)10(14)9-6-5-7-13-8-9/h5-8,10-11,14H,1-4H3. The van der Waals surface area contributed by atoms with E-state index in [2.05, 4.69) is 4.98 Å². The van der Waals surface area contributed by atoms with Gasteiger partial charge in [-0.3, -0.25) is 4.98 Å². The van der Waals surface area contributed by atoms with E-state index in [0.717, 1.165) is 5.56 Å². The minimum absolute atomic E-state index is 0.107. The summed E-state index contributed by atoms with van der Waals surface area (Å²) in [5.41, 5.74) is 0.684. The molecule has 0 aliphatic heterocycles. The minimum Gasteiger partial charge on any atom is -0.386 e. The highest BCUT2D eigenvalue weighted by Crippen LogP contribution is 2.31. The fourth-order valence-electron chi connectivity index (χ4n) is 1.68. The molecule has 0 aromatic carbocycles.